The maximum absolute atomic E-state index is 12.2. The third-order valence-electron chi connectivity index (χ3n) is 2.30. The molecule has 8 nitrogen and oxygen atoms in total. The van der Waals surface area contributed by atoms with Gasteiger partial charge in [-0.15, -0.1) is 4.90 Å². The normalized spacial score (nSPS) is 11.6. The summed E-state index contributed by atoms with van der Waals surface area (Å²) in [6.45, 7) is 11.0. The summed E-state index contributed by atoms with van der Waals surface area (Å²) < 4.78 is 10.3. The molecule has 8 heteroatoms. The summed E-state index contributed by atoms with van der Waals surface area (Å²) in [5.74, 6) is -0.384. The van der Waals surface area contributed by atoms with Crippen LogP contribution in [0.1, 0.15) is 54.4 Å². The number of carbonyl (C=O) groups is 2. The number of unbranched alkanes of at least 4 members (excludes halogenated alkanes) is 1. The van der Waals surface area contributed by atoms with Gasteiger partial charge in [0.2, 0.25) is 5.96 Å². The van der Waals surface area contributed by atoms with E-state index in [9.17, 15) is 9.59 Å². The second-order valence-corrected chi connectivity index (χ2v) is 7.07. The van der Waals surface area contributed by atoms with E-state index < -0.39 is 23.4 Å². The quantitative estimate of drug-likeness (QED) is 0.414. The molecule has 0 rings (SSSR count). The lowest BCUT2D eigenvalue weighted by molar-refractivity contribution is 0.0140. The van der Waals surface area contributed by atoms with Gasteiger partial charge in [0.05, 0.1) is 0 Å². The van der Waals surface area contributed by atoms with Crippen LogP contribution in [0.2, 0.25) is 0 Å². The zero-order chi connectivity index (χ0) is 18.3. The van der Waals surface area contributed by atoms with Gasteiger partial charge < -0.3 is 20.5 Å². The van der Waals surface area contributed by atoms with Crippen molar-refractivity contribution in [1.29, 1.82) is 5.41 Å². The molecule has 2 amide bonds. The number of nitrogens with zero attached hydrogens (tertiary/aromatic N) is 1. The summed E-state index contributed by atoms with van der Waals surface area (Å²) in [6, 6.07) is 0. The molecule has 0 radical (unpaired) electrons. The van der Waals surface area contributed by atoms with E-state index in [4.69, 9.17) is 20.6 Å². The van der Waals surface area contributed by atoms with Crippen molar-refractivity contribution >= 4 is 18.1 Å². The van der Waals surface area contributed by atoms with E-state index in [1.807, 2.05) is 0 Å². The van der Waals surface area contributed by atoms with E-state index >= 15 is 0 Å². The maximum atomic E-state index is 12.2. The molecule has 134 valence electrons. The van der Waals surface area contributed by atoms with Crippen LogP contribution in [0, 0.1) is 5.41 Å². The molecule has 4 N–H and O–H groups in total. The van der Waals surface area contributed by atoms with Crippen LogP contribution >= 0.6 is 0 Å². The van der Waals surface area contributed by atoms with E-state index in [1.165, 1.54) is 0 Å². The summed E-state index contributed by atoms with van der Waals surface area (Å²) >= 11 is 0. The predicted octanol–water partition coefficient (Wildman–Crippen LogP) is 2.42. The van der Waals surface area contributed by atoms with E-state index in [0.29, 0.717) is 18.0 Å². The molecule has 0 aromatic heterocycles. The minimum absolute atomic E-state index is 0.384. The Labute approximate surface area is 138 Å². The first kappa shape index (κ1) is 21.2. The first-order valence-electron chi connectivity index (χ1n) is 7.66. The topological polar surface area (TPSA) is 118 Å². The molecule has 0 atom stereocenters. The molecule has 0 aliphatic carbocycles. The molecule has 0 heterocycles. The zero-order valence-corrected chi connectivity index (χ0v) is 15.0. The van der Waals surface area contributed by atoms with Crippen molar-refractivity contribution in [2.24, 2.45) is 5.73 Å². The van der Waals surface area contributed by atoms with E-state index in [2.05, 4.69) is 5.32 Å². The molecule has 0 saturated heterocycles. The summed E-state index contributed by atoms with van der Waals surface area (Å²) in [7, 11) is 0. The molecule has 0 unspecified atom stereocenters. The number of nitrogens with two attached hydrogens (primary N) is 1. The van der Waals surface area contributed by atoms with Gasteiger partial charge in [-0.1, -0.05) is 0 Å². The van der Waals surface area contributed by atoms with E-state index in [-0.39, 0.29) is 5.96 Å². The molecule has 0 aliphatic rings. The molecular formula is C15H30N4O4. The Balaban J connectivity index is 5.02. The average molecular weight is 330 g/mol. The number of carbonyl (C=O) groups excluding carboxylic acids is 2. The molecule has 0 saturated carbocycles. The van der Waals surface area contributed by atoms with Crippen molar-refractivity contribution in [3.05, 3.63) is 0 Å². The van der Waals surface area contributed by atoms with Crippen LogP contribution < -0.4 is 11.1 Å². The van der Waals surface area contributed by atoms with Crippen molar-refractivity contribution < 1.29 is 19.1 Å². The second kappa shape index (κ2) is 8.71. The highest BCUT2D eigenvalue weighted by molar-refractivity contribution is 6.06. The van der Waals surface area contributed by atoms with Crippen molar-refractivity contribution in [3.8, 4) is 0 Å². The minimum Gasteiger partial charge on any atom is -0.443 e. The molecule has 0 spiro atoms. The summed E-state index contributed by atoms with van der Waals surface area (Å²) in [4.78, 5) is 25.0. The van der Waals surface area contributed by atoms with Gasteiger partial charge in [0.25, 0.3) is 0 Å². The fourth-order valence-corrected chi connectivity index (χ4v) is 1.43. The van der Waals surface area contributed by atoms with Gasteiger partial charge in [0, 0.05) is 6.54 Å². The van der Waals surface area contributed by atoms with Gasteiger partial charge in [0.1, 0.15) is 11.2 Å². The number of amides is 2. The van der Waals surface area contributed by atoms with Gasteiger partial charge in [0.15, 0.2) is 0 Å². The highest BCUT2D eigenvalue weighted by atomic mass is 16.6. The zero-order valence-electron chi connectivity index (χ0n) is 15.0. The molecular weight excluding hydrogens is 300 g/mol. The standard InChI is InChI=1S/C15H30N4O4/c1-14(2,3)22-12(20)19(13(21)23-15(4,5)6)11(17)18-10-8-7-9-16/h7-10,16H2,1-6H3,(H2,17,18). The maximum Gasteiger partial charge on any atom is 0.427 e. The van der Waals surface area contributed by atoms with Gasteiger partial charge in [-0.25, -0.2) is 9.59 Å². The average Bonchev–Trinajstić information content (AvgIpc) is 2.30. The molecule has 0 aromatic carbocycles. The fraction of sp³-hybridized carbons (Fsp3) is 0.800. The van der Waals surface area contributed by atoms with Crippen LogP contribution in [0.15, 0.2) is 0 Å². The Morgan fingerprint density at radius 2 is 1.43 bits per heavy atom. The Bertz CT molecular complexity index is 396. The highest BCUT2D eigenvalue weighted by Crippen LogP contribution is 2.14. The lowest BCUT2D eigenvalue weighted by Gasteiger charge is -2.28. The van der Waals surface area contributed by atoms with Gasteiger partial charge >= 0.3 is 12.2 Å². The van der Waals surface area contributed by atoms with Crippen molar-refractivity contribution in [2.45, 2.75) is 65.6 Å². The van der Waals surface area contributed by atoms with Crippen LogP contribution in [0.5, 0.6) is 0 Å². The van der Waals surface area contributed by atoms with Crippen LogP contribution in [0.25, 0.3) is 0 Å². The van der Waals surface area contributed by atoms with Crippen molar-refractivity contribution in [2.75, 3.05) is 13.1 Å². The number of rotatable bonds is 4. The Morgan fingerprint density at radius 3 is 1.78 bits per heavy atom. The Hall–Kier alpha value is -1.83. The van der Waals surface area contributed by atoms with E-state index in [1.54, 1.807) is 41.5 Å². The van der Waals surface area contributed by atoms with Crippen LogP contribution in [-0.2, 0) is 9.47 Å². The number of imide groups is 1. The summed E-state index contributed by atoms with van der Waals surface area (Å²) in [5, 5.41) is 10.6. The monoisotopic (exact) mass is 330 g/mol. The number of hydrogen-bond donors (Lipinski definition) is 3. The largest absolute Gasteiger partial charge is 0.443 e. The smallest absolute Gasteiger partial charge is 0.427 e. The van der Waals surface area contributed by atoms with Gasteiger partial charge in [-0.2, -0.15) is 0 Å². The van der Waals surface area contributed by atoms with Crippen LogP contribution in [-0.4, -0.2) is 47.3 Å². The first-order valence-corrected chi connectivity index (χ1v) is 7.66. The Kier molecular flexibility index (Phi) is 8.02. The number of nitrogens with one attached hydrogen (secondary N) is 2. The van der Waals surface area contributed by atoms with Crippen LogP contribution in [0.4, 0.5) is 9.59 Å². The summed E-state index contributed by atoms with van der Waals surface area (Å²) in [5.41, 5.74) is 3.81. The van der Waals surface area contributed by atoms with E-state index in [0.717, 1.165) is 12.8 Å². The molecule has 0 bridgehead atoms. The third-order valence-corrected chi connectivity index (χ3v) is 2.30. The first-order chi connectivity index (χ1) is 10.4. The SMILES string of the molecule is CC(C)(C)OC(=O)N(C(=N)NCCCCN)C(=O)OC(C)(C)C. The highest BCUT2D eigenvalue weighted by Gasteiger charge is 2.34. The summed E-state index contributed by atoms with van der Waals surface area (Å²) in [6.07, 6.45) is -0.416. The second-order valence-electron chi connectivity index (χ2n) is 7.07. The van der Waals surface area contributed by atoms with Crippen molar-refractivity contribution in [1.82, 2.24) is 10.2 Å². The Morgan fingerprint density at radius 1 is 1.00 bits per heavy atom. The van der Waals surface area contributed by atoms with Gasteiger partial charge in [-0.3, -0.25) is 5.41 Å². The van der Waals surface area contributed by atoms with Crippen molar-refractivity contribution in [3.63, 3.8) is 0 Å². The third kappa shape index (κ3) is 9.72. The minimum atomic E-state index is -0.955. The molecule has 0 fully saturated rings. The predicted molar refractivity (Wildman–Crippen MR) is 88.3 cm³/mol. The lowest BCUT2D eigenvalue weighted by atomic mass is 10.2. The lowest BCUT2D eigenvalue weighted by Crippen LogP contribution is -2.51. The number of guanidine groups is 1. The van der Waals surface area contributed by atoms with Gasteiger partial charge in [-0.05, 0) is 60.9 Å². The molecule has 0 aromatic rings. The molecule has 23 heavy (non-hydrogen) atoms. The fourth-order valence-electron chi connectivity index (χ4n) is 1.43. The molecule has 0 aliphatic heterocycles. The van der Waals surface area contributed by atoms with Crippen LogP contribution in [0.3, 0.4) is 0 Å². The number of ether oxygens (including phenoxy) is 2. The number of hydrogen-bond acceptors (Lipinski definition) is 6.